The summed E-state index contributed by atoms with van der Waals surface area (Å²) < 4.78 is 16.0. The van der Waals surface area contributed by atoms with Crippen molar-refractivity contribution in [2.75, 3.05) is 32.0 Å². The Kier molecular flexibility index (Phi) is 5.65. The predicted octanol–water partition coefficient (Wildman–Crippen LogP) is 3.83. The summed E-state index contributed by atoms with van der Waals surface area (Å²) in [6.45, 7) is 2.02. The first-order valence-electron chi connectivity index (χ1n) is 7.02. The van der Waals surface area contributed by atoms with Crippen LogP contribution in [0.4, 0.5) is 11.4 Å². The topological polar surface area (TPSA) is 51.8 Å². The number of para-hydroxylation sites is 1. The molecule has 0 spiro atoms. The second-order valence-corrected chi connectivity index (χ2v) is 5.22. The number of rotatable bonds is 5. The van der Waals surface area contributed by atoms with Gasteiger partial charge in [-0.2, -0.15) is 0 Å². The molecule has 0 aliphatic rings. The fourth-order valence-corrected chi connectivity index (χ4v) is 2.38. The maximum absolute atomic E-state index is 5.36. The molecule has 0 saturated carbocycles. The van der Waals surface area contributed by atoms with E-state index in [0.29, 0.717) is 22.4 Å². The fourth-order valence-electron chi connectivity index (χ4n) is 2.15. The lowest BCUT2D eigenvalue weighted by Crippen LogP contribution is -2.19. The average Bonchev–Trinajstić information content (AvgIpc) is 2.55. The van der Waals surface area contributed by atoms with Gasteiger partial charge in [0.2, 0.25) is 5.75 Å². The van der Waals surface area contributed by atoms with Crippen molar-refractivity contribution in [3.05, 3.63) is 42.0 Å². The monoisotopic (exact) mass is 332 g/mol. The normalized spacial score (nSPS) is 9.91. The Morgan fingerprint density at radius 3 is 2.04 bits per heavy atom. The Morgan fingerprint density at radius 1 is 0.913 bits per heavy atom. The number of nitrogens with one attached hydrogen (secondary N) is 2. The lowest BCUT2D eigenvalue weighted by atomic mass is 10.2. The van der Waals surface area contributed by atoms with Crippen LogP contribution in [-0.2, 0) is 0 Å². The van der Waals surface area contributed by atoms with Crippen LogP contribution >= 0.6 is 12.2 Å². The van der Waals surface area contributed by atoms with Gasteiger partial charge in [0.15, 0.2) is 16.6 Å². The highest BCUT2D eigenvalue weighted by Gasteiger charge is 2.13. The molecule has 0 aliphatic carbocycles. The maximum Gasteiger partial charge on any atom is 0.203 e. The largest absolute Gasteiger partial charge is 0.493 e. The van der Waals surface area contributed by atoms with Crippen LogP contribution in [0.3, 0.4) is 0 Å². The molecule has 0 saturated heterocycles. The van der Waals surface area contributed by atoms with Crippen molar-refractivity contribution in [2.45, 2.75) is 6.92 Å². The number of aryl methyl sites for hydroxylation is 1. The van der Waals surface area contributed by atoms with Gasteiger partial charge in [-0.3, -0.25) is 0 Å². The molecule has 0 aliphatic heterocycles. The van der Waals surface area contributed by atoms with Crippen molar-refractivity contribution in [1.82, 2.24) is 0 Å². The van der Waals surface area contributed by atoms with E-state index in [0.717, 1.165) is 16.9 Å². The molecule has 0 bridgehead atoms. The average molecular weight is 332 g/mol. The summed E-state index contributed by atoms with van der Waals surface area (Å²) in [5, 5.41) is 6.77. The minimum absolute atomic E-state index is 0.480. The third-order valence-corrected chi connectivity index (χ3v) is 3.52. The van der Waals surface area contributed by atoms with Gasteiger partial charge in [0, 0.05) is 23.5 Å². The molecule has 0 unspecified atom stereocenters. The number of anilines is 2. The zero-order chi connectivity index (χ0) is 16.8. The second kappa shape index (κ2) is 7.69. The number of hydrogen-bond donors (Lipinski definition) is 2. The van der Waals surface area contributed by atoms with Crippen molar-refractivity contribution in [3.63, 3.8) is 0 Å². The van der Waals surface area contributed by atoms with Gasteiger partial charge in [0.25, 0.3) is 0 Å². The molecule has 2 rings (SSSR count). The maximum atomic E-state index is 5.36. The third kappa shape index (κ3) is 4.04. The molecule has 122 valence electrons. The molecule has 5 nitrogen and oxygen atoms in total. The molecule has 6 heteroatoms. The van der Waals surface area contributed by atoms with Crippen molar-refractivity contribution in [3.8, 4) is 17.2 Å². The van der Waals surface area contributed by atoms with Gasteiger partial charge in [-0.25, -0.2) is 0 Å². The molecule has 2 aromatic carbocycles. The minimum Gasteiger partial charge on any atom is -0.493 e. The molecule has 0 fully saturated rings. The van der Waals surface area contributed by atoms with Crippen LogP contribution in [0.15, 0.2) is 36.4 Å². The Labute approximate surface area is 141 Å². The summed E-state index contributed by atoms with van der Waals surface area (Å²) in [5.41, 5.74) is 2.81. The van der Waals surface area contributed by atoms with Crippen molar-refractivity contribution >= 4 is 28.7 Å². The molecule has 0 amide bonds. The molecule has 0 aromatic heterocycles. The number of methoxy groups -OCH3 is 3. The van der Waals surface area contributed by atoms with Gasteiger partial charge in [-0.1, -0.05) is 18.2 Å². The van der Waals surface area contributed by atoms with E-state index in [4.69, 9.17) is 26.4 Å². The van der Waals surface area contributed by atoms with E-state index in [1.165, 1.54) is 0 Å². The molecular formula is C17H20N2O3S. The summed E-state index contributed by atoms with van der Waals surface area (Å²) in [5.74, 6) is 1.67. The van der Waals surface area contributed by atoms with E-state index in [9.17, 15) is 0 Å². The Hall–Kier alpha value is -2.47. The number of ether oxygens (including phenoxy) is 3. The van der Waals surface area contributed by atoms with Crippen LogP contribution in [0.2, 0.25) is 0 Å². The molecule has 2 aromatic rings. The highest BCUT2D eigenvalue weighted by Crippen LogP contribution is 2.39. The van der Waals surface area contributed by atoms with Crippen LogP contribution in [0.25, 0.3) is 0 Å². The van der Waals surface area contributed by atoms with E-state index in [1.807, 2.05) is 31.2 Å². The summed E-state index contributed by atoms with van der Waals surface area (Å²) >= 11 is 5.36. The van der Waals surface area contributed by atoms with E-state index in [-0.39, 0.29) is 0 Å². The van der Waals surface area contributed by atoms with Crippen LogP contribution in [0, 0.1) is 6.92 Å². The zero-order valence-corrected chi connectivity index (χ0v) is 14.4. The van der Waals surface area contributed by atoms with Crippen LogP contribution in [-0.4, -0.2) is 26.4 Å². The van der Waals surface area contributed by atoms with Crippen molar-refractivity contribution in [2.24, 2.45) is 0 Å². The van der Waals surface area contributed by atoms with Gasteiger partial charge < -0.3 is 24.8 Å². The molecule has 2 N–H and O–H groups in total. The smallest absolute Gasteiger partial charge is 0.203 e. The molecule has 0 heterocycles. The summed E-state index contributed by atoms with van der Waals surface area (Å²) in [4.78, 5) is 0. The summed E-state index contributed by atoms with van der Waals surface area (Å²) in [6, 6.07) is 11.5. The van der Waals surface area contributed by atoms with Crippen molar-refractivity contribution in [1.29, 1.82) is 0 Å². The Balaban J connectivity index is 2.19. The van der Waals surface area contributed by atoms with Crippen LogP contribution < -0.4 is 24.8 Å². The predicted molar refractivity (Wildman–Crippen MR) is 97.1 cm³/mol. The fraction of sp³-hybridized carbons (Fsp3) is 0.235. The van der Waals surface area contributed by atoms with E-state index in [2.05, 4.69) is 10.6 Å². The highest BCUT2D eigenvalue weighted by molar-refractivity contribution is 7.80. The lowest BCUT2D eigenvalue weighted by Gasteiger charge is -2.16. The number of benzene rings is 2. The van der Waals surface area contributed by atoms with Crippen LogP contribution in [0.1, 0.15) is 5.56 Å². The molecular weight excluding hydrogens is 312 g/mol. The first kappa shape index (κ1) is 16.9. The van der Waals surface area contributed by atoms with E-state index >= 15 is 0 Å². The van der Waals surface area contributed by atoms with E-state index in [1.54, 1.807) is 33.5 Å². The van der Waals surface area contributed by atoms with Gasteiger partial charge in [0.05, 0.1) is 21.3 Å². The third-order valence-electron chi connectivity index (χ3n) is 3.32. The van der Waals surface area contributed by atoms with Gasteiger partial charge >= 0.3 is 0 Å². The molecule has 0 atom stereocenters. The second-order valence-electron chi connectivity index (χ2n) is 4.81. The summed E-state index contributed by atoms with van der Waals surface area (Å²) in [6.07, 6.45) is 0. The Morgan fingerprint density at radius 2 is 1.52 bits per heavy atom. The van der Waals surface area contributed by atoms with Crippen LogP contribution in [0.5, 0.6) is 17.2 Å². The highest BCUT2D eigenvalue weighted by atomic mass is 32.1. The quantitative estimate of drug-likeness (QED) is 0.812. The Bertz CT molecular complexity index is 679. The minimum atomic E-state index is 0.480. The molecule has 0 radical (unpaired) electrons. The first-order valence-corrected chi connectivity index (χ1v) is 7.43. The number of thiocarbonyl (C=S) groups is 1. The van der Waals surface area contributed by atoms with Gasteiger partial charge in [0.1, 0.15) is 0 Å². The zero-order valence-electron chi connectivity index (χ0n) is 13.6. The standard InChI is InChI=1S/C17H20N2O3S/c1-11-7-5-6-8-13(11)19-17(23)18-12-9-14(20-2)16(22-4)15(10-12)21-3/h5-10H,1-4H3,(H2,18,19,23). The number of hydrogen-bond acceptors (Lipinski definition) is 4. The van der Waals surface area contributed by atoms with Crippen molar-refractivity contribution < 1.29 is 14.2 Å². The SMILES string of the molecule is COc1cc(NC(=S)Nc2ccccc2C)cc(OC)c1OC. The lowest BCUT2D eigenvalue weighted by molar-refractivity contribution is 0.324. The van der Waals surface area contributed by atoms with Gasteiger partial charge in [-0.15, -0.1) is 0 Å². The first-order chi connectivity index (χ1) is 11.1. The summed E-state index contributed by atoms with van der Waals surface area (Å²) in [7, 11) is 4.72. The van der Waals surface area contributed by atoms with Gasteiger partial charge in [-0.05, 0) is 30.8 Å². The molecule has 23 heavy (non-hydrogen) atoms. The van der Waals surface area contributed by atoms with E-state index < -0.39 is 0 Å².